The van der Waals surface area contributed by atoms with E-state index in [1.807, 2.05) is 6.07 Å². The number of carbonyl (C=O) groups is 4. The Morgan fingerprint density at radius 2 is 1.69 bits per heavy atom. The first-order valence-electron chi connectivity index (χ1n) is 9.66. The van der Waals surface area contributed by atoms with E-state index in [-0.39, 0.29) is 16.7 Å². The summed E-state index contributed by atoms with van der Waals surface area (Å²) in [5.41, 5.74) is 2.10. The summed E-state index contributed by atoms with van der Waals surface area (Å²) >= 11 is 5.87. The van der Waals surface area contributed by atoms with E-state index in [4.69, 9.17) is 16.3 Å². The van der Waals surface area contributed by atoms with Gasteiger partial charge in [-0.1, -0.05) is 35.9 Å². The molecule has 0 bridgehead atoms. The molecule has 3 aromatic rings. The highest BCUT2D eigenvalue weighted by Crippen LogP contribution is 2.31. The maximum absolute atomic E-state index is 12.9. The number of esters is 1. The lowest BCUT2D eigenvalue weighted by Gasteiger charge is -2.16. The van der Waals surface area contributed by atoms with Gasteiger partial charge < -0.3 is 10.1 Å². The maximum Gasteiger partial charge on any atom is 0.338 e. The predicted molar refractivity (Wildman–Crippen MR) is 119 cm³/mol. The molecule has 0 atom stereocenters. The van der Waals surface area contributed by atoms with Gasteiger partial charge in [-0.05, 0) is 55.0 Å². The van der Waals surface area contributed by atoms with Gasteiger partial charge in [0.2, 0.25) is 0 Å². The molecule has 0 unspecified atom stereocenters. The number of ether oxygens (including phenoxy) is 1. The van der Waals surface area contributed by atoms with Crippen molar-refractivity contribution in [2.75, 3.05) is 16.8 Å². The number of carbonyl (C=O) groups excluding carboxylic acids is 4. The monoisotopic (exact) mass is 448 g/mol. The minimum absolute atomic E-state index is 0.0621. The number of para-hydroxylation sites is 1. The van der Waals surface area contributed by atoms with Gasteiger partial charge in [0, 0.05) is 10.7 Å². The average molecular weight is 449 g/mol. The summed E-state index contributed by atoms with van der Waals surface area (Å²) in [6, 6.07) is 17.7. The molecule has 3 aromatic carbocycles. The van der Waals surface area contributed by atoms with Crippen LogP contribution in [-0.4, -0.2) is 30.3 Å². The Morgan fingerprint density at radius 3 is 2.44 bits per heavy atom. The van der Waals surface area contributed by atoms with Crippen molar-refractivity contribution in [1.29, 1.82) is 0 Å². The molecule has 1 aliphatic rings. The zero-order valence-corrected chi connectivity index (χ0v) is 17.7. The van der Waals surface area contributed by atoms with E-state index in [9.17, 15) is 19.2 Å². The Hall–Kier alpha value is -3.97. The molecule has 0 saturated heterocycles. The summed E-state index contributed by atoms with van der Waals surface area (Å²) in [5.74, 6) is -2.31. The quantitative estimate of drug-likeness (QED) is 0.465. The van der Waals surface area contributed by atoms with E-state index < -0.39 is 30.3 Å². The van der Waals surface area contributed by atoms with Crippen LogP contribution in [0.4, 0.5) is 11.4 Å². The molecule has 1 heterocycles. The number of anilines is 2. The molecule has 0 saturated carbocycles. The lowest BCUT2D eigenvalue weighted by molar-refractivity contribution is -0.119. The minimum atomic E-state index is -0.788. The average Bonchev–Trinajstić information content (AvgIpc) is 3.02. The van der Waals surface area contributed by atoms with Gasteiger partial charge in [-0.15, -0.1) is 0 Å². The molecule has 0 spiro atoms. The van der Waals surface area contributed by atoms with Crippen molar-refractivity contribution in [1.82, 2.24) is 0 Å². The molecular weight excluding hydrogens is 432 g/mol. The number of benzene rings is 3. The maximum atomic E-state index is 12.9. The highest BCUT2D eigenvalue weighted by molar-refractivity contribution is 6.35. The van der Waals surface area contributed by atoms with E-state index in [1.165, 1.54) is 18.2 Å². The molecule has 160 valence electrons. The third kappa shape index (κ3) is 4.10. The summed E-state index contributed by atoms with van der Waals surface area (Å²) in [5, 5.41) is 3.02. The Labute approximate surface area is 188 Å². The molecule has 8 heteroatoms. The number of amides is 3. The standard InChI is InChI=1S/C24H17ClN2O5/c1-14-5-2-3-8-20(14)27-22(29)18-10-9-15(11-19(18)23(27)30)24(31)32-13-21(28)26-17-7-4-6-16(25)12-17/h2-12H,13H2,1H3,(H,26,28). The van der Waals surface area contributed by atoms with E-state index in [0.717, 1.165) is 10.5 Å². The first-order chi connectivity index (χ1) is 15.3. The molecule has 1 N–H and O–H groups in total. The Balaban J connectivity index is 1.46. The summed E-state index contributed by atoms with van der Waals surface area (Å²) < 4.78 is 5.05. The molecule has 0 fully saturated rings. The van der Waals surface area contributed by atoms with Crippen molar-refractivity contribution < 1.29 is 23.9 Å². The molecule has 4 rings (SSSR count). The number of hydrogen-bond donors (Lipinski definition) is 1. The van der Waals surface area contributed by atoms with Crippen molar-refractivity contribution in [3.8, 4) is 0 Å². The smallest absolute Gasteiger partial charge is 0.338 e. The first-order valence-corrected chi connectivity index (χ1v) is 10.0. The third-order valence-corrected chi connectivity index (χ3v) is 5.16. The van der Waals surface area contributed by atoms with Crippen LogP contribution in [0.2, 0.25) is 5.02 Å². The number of halogens is 1. The Morgan fingerprint density at radius 1 is 0.938 bits per heavy atom. The minimum Gasteiger partial charge on any atom is -0.452 e. The molecule has 32 heavy (non-hydrogen) atoms. The Bertz CT molecular complexity index is 1270. The van der Waals surface area contributed by atoms with E-state index in [1.54, 1.807) is 49.4 Å². The van der Waals surface area contributed by atoms with Gasteiger partial charge in [0.15, 0.2) is 6.61 Å². The predicted octanol–water partition coefficient (Wildman–Crippen LogP) is 4.24. The fourth-order valence-electron chi connectivity index (χ4n) is 3.38. The van der Waals surface area contributed by atoms with Gasteiger partial charge in [-0.25, -0.2) is 9.69 Å². The number of aryl methyl sites for hydroxylation is 1. The van der Waals surface area contributed by atoms with Crippen LogP contribution in [0.1, 0.15) is 36.6 Å². The van der Waals surface area contributed by atoms with Crippen molar-refractivity contribution in [2.24, 2.45) is 0 Å². The highest BCUT2D eigenvalue weighted by Gasteiger charge is 2.37. The summed E-state index contributed by atoms with van der Waals surface area (Å²) in [6.45, 7) is 1.28. The number of hydrogen-bond acceptors (Lipinski definition) is 5. The second-order valence-corrected chi connectivity index (χ2v) is 7.56. The second kappa shape index (κ2) is 8.64. The van der Waals surface area contributed by atoms with Crippen LogP contribution in [0.3, 0.4) is 0 Å². The molecule has 0 aromatic heterocycles. The van der Waals surface area contributed by atoms with Crippen molar-refractivity contribution in [2.45, 2.75) is 6.92 Å². The van der Waals surface area contributed by atoms with Crippen LogP contribution in [0.25, 0.3) is 0 Å². The van der Waals surface area contributed by atoms with Crippen LogP contribution < -0.4 is 10.2 Å². The largest absolute Gasteiger partial charge is 0.452 e. The fraction of sp³-hybridized carbons (Fsp3) is 0.0833. The summed E-state index contributed by atoms with van der Waals surface area (Å²) in [6.07, 6.45) is 0. The van der Waals surface area contributed by atoms with E-state index in [2.05, 4.69) is 5.32 Å². The number of rotatable bonds is 5. The molecule has 3 amide bonds. The van der Waals surface area contributed by atoms with Gasteiger partial charge in [-0.3, -0.25) is 14.4 Å². The molecule has 0 radical (unpaired) electrons. The van der Waals surface area contributed by atoms with Crippen molar-refractivity contribution in [3.05, 3.63) is 94.0 Å². The van der Waals surface area contributed by atoms with Crippen LogP contribution >= 0.6 is 11.6 Å². The lowest BCUT2D eigenvalue weighted by atomic mass is 10.1. The van der Waals surface area contributed by atoms with E-state index >= 15 is 0 Å². The van der Waals surface area contributed by atoms with Crippen LogP contribution in [0.5, 0.6) is 0 Å². The van der Waals surface area contributed by atoms with Gasteiger partial charge in [0.05, 0.1) is 22.4 Å². The molecule has 7 nitrogen and oxygen atoms in total. The second-order valence-electron chi connectivity index (χ2n) is 7.13. The zero-order valence-electron chi connectivity index (χ0n) is 16.9. The van der Waals surface area contributed by atoms with Gasteiger partial charge in [0.1, 0.15) is 0 Å². The first kappa shape index (κ1) is 21.3. The SMILES string of the molecule is Cc1ccccc1N1C(=O)c2ccc(C(=O)OCC(=O)Nc3cccc(Cl)c3)cc2C1=O. The van der Waals surface area contributed by atoms with Gasteiger partial charge in [0.25, 0.3) is 17.7 Å². The lowest BCUT2D eigenvalue weighted by Crippen LogP contribution is -2.29. The number of fused-ring (bicyclic) bond motifs is 1. The molecule has 0 aliphatic carbocycles. The zero-order chi connectivity index (χ0) is 22.8. The fourth-order valence-corrected chi connectivity index (χ4v) is 3.57. The van der Waals surface area contributed by atoms with Gasteiger partial charge in [-0.2, -0.15) is 0 Å². The number of nitrogens with one attached hydrogen (secondary N) is 1. The Kier molecular flexibility index (Phi) is 5.75. The molecule has 1 aliphatic heterocycles. The van der Waals surface area contributed by atoms with Gasteiger partial charge >= 0.3 is 5.97 Å². The highest BCUT2D eigenvalue weighted by atomic mass is 35.5. The molecular formula is C24H17ClN2O5. The van der Waals surface area contributed by atoms with E-state index in [0.29, 0.717) is 16.4 Å². The van der Waals surface area contributed by atoms with Crippen LogP contribution in [0.15, 0.2) is 66.7 Å². The van der Waals surface area contributed by atoms with Crippen molar-refractivity contribution in [3.63, 3.8) is 0 Å². The normalized spacial score (nSPS) is 12.5. The van der Waals surface area contributed by atoms with Crippen molar-refractivity contribution >= 4 is 46.7 Å². The number of nitrogens with zero attached hydrogens (tertiary/aromatic N) is 1. The van der Waals surface area contributed by atoms with Crippen LogP contribution in [0, 0.1) is 6.92 Å². The topological polar surface area (TPSA) is 92.8 Å². The van der Waals surface area contributed by atoms with Crippen LogP contribution in [-0.2, 0) is 9.53 Å². The number of imide groups is 1. The summed E-state index contributed by atoms with van der Waals surface area (Å²) in [4.78, 5) is 51.2. The summed E-state index contributed by atoms with van der Waals surface area (Å²) in [7, 11) is 0. The third-order valence-electron chi connectivity index (χ3n) is 4.92.